The third-order valence-corrected chi connectivity index (χ3v) is 6.95. The molecular formula is C27H32N6OS. The van der Waals surface area contributed by atoms with Crippen molar-refractivity contribution in [3.8, 4) is 11.1 Å². The van der Waals surface area contributed by atoms with E-state index >= 15 is 0 Å². The van der Waals surface area contributed by atoms with Crippen molar-refractivity contribution in [2.75, 3.05) is 44.8 Å². The number of thiazole rings is 1. The number of pyridine rings is 1. The Labute approximate surface area is 210 Å². The zero-order valence-corrected chi connectivity index (χ0v) is 21.5. The maximum absolute atomic E-state index is 13.0. The number of nitrogens with zero attached hydrogens (tertiary/aromatic N) is 4. The molecule has 0 saturated carbocycles. The fraction of sp³-hybridized carbons (Fsp3) is 0.296. The normalized spacial score (nSPS) is 11.5. The van der Waals surface area contributed by atoms with Crippen LogP contribution in [0.5, 0.6) is 0 Å². The molecule has 2 heterocycles. The van der Waals surface area contributed by atoms with Gasteiger partial charge in [0, 0.05) is 42.6 Å². The highest BCUT2D eigenvalue weighted by Gasteiger charge is 2.12. The van der Waals surface area contributed by atoms with Crippen molar-refractivity contribution in [2.45, 2.75) is 20.4 Å². The Morgan fingerprint density at radius 2 is 1.80 bits per heavy atom. The van der Waals surface area contributed by atoms with E-state index in [1.807, 2.05) is 43.3 Å². The van der Waals surface area contributed by atoms with Gasteiger partial charge in [0.15, 0.2) is 5.13 Å². The number of nitrogen functional groups attached to an aromatic ring is 1. The summed E-state index contributed by atoms with van der Waals surface area (Å²) in [5.74, 6) is -0.148. The SMILES string of the molecule is CCN(C)CCN(C)Cc1ccc(NC(=O)c2ccc(C)c(-c3cnc4sc(N)nc4c3)c2)cc1. The van der Waals surface area contributed by atoms with Crippen molar-refractivity contribution in [1.82, 2.24) is 19.8 Å². The Kier molecular flexibility index (Phi) is 7.75. The van der Waals surface area contributed by atoms with Crippen LogP contribution in [-0.2, 0) is 6.54 Å². The highest BCUT2D eigenvalue weighted by atomic mass is 32.1. The van der Waals surface area contributed by atoms with Crippen LogP contribution in [0.1, 0.15) is 28.4 Å². The van der Waals surface area contributed by atoms with Crippen molar-refractivity contribution in [3.05, 3.63) is 71.4 Å². The molecule has 0 radical (unpaired) electrons. The number of rotatable bonds is 9. The molecule has 2 aromatic heterocycles. The summed E-state index contributed by atoms with van der Waals surface area (Å²) < 4.78 is 0. The molecule has 0 atom stereocenters. The van der Waals surface area contributed by atoms with Gasteiger partial charge in [0.2, 0.25) is 0 Å². The van der Waals surface area contributed by atoms with Gasteiger partial charge in [-0.2, -0.15) is 0 Å². The smallest absolute Gasteiger partial charge is 0.255 e. The number of nitrogens with two attached hydrogens (primary N) is 1. The summed E-state index contributed by atoms with van der Waals surface area (Å²) in [5.41, 5.74) is 12.1. The number of nitrogens with one attached hydrogen (secondary N) is 1. The van der Waals surface area contributed by atoms with Crippen molar-refractivity contribution in [2.24, 2.45) is 0 Å². The second kappa shape index (κ2) is 10.9. The topological polar surface area (TPSA) is 87.4 Å². The number of aryl methyl sites for hydroxylation is 1. The molecule has 0 aliphatic heterocycles. The van der Waals surface area contributed by atoms with E-state index in [4.69, 9.17) is 5.73 Å². The first-order chi connectivity index (χ1) is 16.8. The van der Waals surface area contributed by atoms with Crippen LogP contribution in [-0.4, -0.2) is 59.4 Å². The van der Waals surface area contributed by atoms with Crippen LogP contribution in [0.3, 0.4) is 0 Å². The summed E-state index contributed by atoms with van der Waals surface area (Å²) in [6, 6.07) is 15.7. The van der Waals surface area contributed by atoms with Gasteiger partial charge in [-0.15, -0.1) is 0 Å². The van der Waals surface area contributed by atoms with Crippen LogP contribution in [0, 0.1) is 6.92 Å². The van der Waals surface area contributed by atoms with E-state index in [0.29, 0.717) is 10.7 Å². The number of carbonyl (C=O) groups is 1. The fourth-order valence-corrected chi connectivity index (χ4v) is 4.51. The number of likely N-dealkylation sites (N-methyl/N-ethyl adjacent to an activating group) is 2. The lowest BCUT2D eigenvalue weighted by atomic mass is 9.99. The molecule has 1 amide bonds. The van der Waals surface area contributed by atoms with E-state index in [1.165, 1.54) is 16.9 Å². The molecule has 4 rings (SSSR count). The number of fused-ring (bicyclic) bond motifs is 1. The standard InChI is InChI=1S/C27H32N6OS/c1-5-32(3)12-13-33(4)17-19-7-10-22(11-8-19)30-25(34)20-9-6-18(2)23(14-20)21-15-24-26(29-16-21)35-27(28)31-24/h6-11,14-16H,5,12-13,17H2,1-4H3,(H2,28,31)(H,30,34). The van der Waals surface area contributed by atoms with Crippen LogP contribution in [0.4, 0.5) is 10.8 Å². The van der Waals surface area contributed by atoms with E-state index in [-0.39, 0.29) is 5.91 Å². The molecule has 0 fully saturated rings. The van der Waals surface area contributed by atoms with E-state index in [1.54, 1.807) is 6.20 Å². The first-order valence-corrected chi connectivity index (χ1v) is 12.5. The van der Waals surface area contributed by atoms with Crippen molar-refractivity contribution in [1.29, 1.82) is 0 Å². The van der Waals surface area contributed by atoms with Crippen molar-refractivity contribution < 1.29 is 4.79 Å². The molecule has 3 N–H and O–H groups in total. The molecule has 2 aromatic carbocycles. The first-order valence-electron chi connectivity index (χ1n) is 11.7. The van der Waals surface area contributed by atoms with Gasteiger partial charge in [0.05, 0.1) is 0 Å². The Morgan fingerprint density at radius 1 is 1.06 bits per heavy atom. The number of hydrogen-bond acceptors (Lipinski definition) is 7. The van der Waals surface area contributed by atoms with Gasteiger partial charge in [0.25, 0.3) is 5.91 Å². The van der Waals surface area contributed by atoms with E-state index in [2.05, 4.69) is 58.2 Å². The molecule has 0 spiro atoms. The predicted octanol–water partition coefficient (Wildman–Crippen LogP) is 4.88. The molecule has 4 aromatic rings. The third-order valence-electron chi connectivity index (χ3n) is 6.14. The molecule has 0 aliphatic carbocycles. The van der Waals surface area contributed by atoms with Crippen LogP contribution in [0.25, 0.3) is 21.5 Å². The second-order valence-corrected chi connectivity index (χ2v) is 9.92. The number of anilines is 2. The van der Waals surface area contributed by atoms with Crippen LogP contribution in [0.2, 0.25) is 0 Å². The number of aromatic nitrogens is 2. The van der Waals surface area contributed by atoms with Gasteiger partial charge in [-0.1, -0.05) is 36.5 Å². The molecule has 182 valence electrons. The third kappa shape index (κ3) is 6.22. The predicted molar refractivity (Wildman–Crippen MR) is 146 cm³/mol. The molecule has 7 nitrogen and oxygen atoms in total. The summed E-state index contributed by atoms with van der Waals surface area (Å²) in [6.45, 7) is 8.17. The van der Waals surface area contributed by atoms with Gasteiger partial charge in [0.1, 0.15) is 10.3 Å². The fourth-order valence-electron chi connectivity index (χ4n) is 3.85. The highest BCUT2D eigenvalue weighted by molar-refractivity contribution is 7.21. The number of amides is 1. The summed E-state index contributed by atoms with van der Waals surface area (Å²) in [6.07, 6.45) is 1.81. The Hall–Kier alpha value is -3.33. The minimum atomic E-state index is -0.148. The second-order valence-electron chi connectivity index (χ2n) is 8.91. The van der Waals surface area contributed by atoms with Crippen molar-refractivity contribution >= 4 is 38.4 Å². The highest BCUT2D eigenvalue weighted by Crippen LogP contribution is 2.29. The van der Waals surface area contributed by atoms with Crippen LogP contribution in [0.15, 0.2) is 54.7 Å². The minimum Gasteiger partial charge on any atom is -0.375 e. The lowest BCUT2D eigenvalue weighted by molar-refractivity contribution is 0.102. The summed E-state index contributed by atoms with van der Waals surface area (Å²) >= 11 is 1.36. The van der Waals surface area contributed by atoms with E-state index in [0.717, 1.165) is 58.9 Å². The summed E-state index contributed by atoms with van der Waals surface area (Å²) in [5, 5.41) is 3.51. The zero-order valence-electron chi connectivity index (χ0n) is 20.7. The van der Waals surface area contributed by atoms with Gasteiger partial charge in [-0.05, 0) is 74.6 Å². The molecule has 0 bridgehead atoms. The largest absolute Gasteiger partial charge is 0.375 e. The quantitative estimate of drug-likeness (QED) is 0.349. The number of carbonyl (C=O) groups excluding carboxylic acids is 1. The van der Waals surface area contributed by atoms with Crippen LogP contribution >= 0.6 is 11.3 Å². The van der Waals surface area contributed by atoms with E-state index < -0.39 is 0 Å². The minimum absolute atomic E-state index is 0.148. The van der Waals surface area contributed by atoms with E-state index in [9.17, 15) is 4.79 Å². The first kappa shape index (κ1) is 24.8. The molecule has 8 heteroatoms. The number of hydrogen-bond donors (Lipinski definition) is 2. The van der Waals surface area contributed by atoms with Gasteiger partial charge in [-0.25, -0.2) is 9.97 Å². The average Bonchev–Trinajstić information content (AvgIpc) is 3.23. The molecule has 0 saturated heterocycles. The molecule has 35 heavy (non-hydrogen) atoms. The Bertz CT molecular complexity index is 1320. The molecule has 0 aliphatic rings. The lowest BCUT2D eigenvalue weighted by Crippen LogP contribution is -2.30. The monoisotopic (exact) mass is 488 g/mol. The molecule has 0 unspecified atom stereocenters. The lowest BCUT2D eigenvalue weighted by Gasteiger charge is -2.21. The Balaban J connectivity index is 1.43. The van der Waals surface area contributed by atoms with Crippen molar-refractivity contribution in [3.63, 3.8) is 0 Å². The van der Waals surface area contributed by atoms with Gasteiger partial charge in [-0.3, -0.25) is 4.79 Å². The summed E-state index contributed by atoms with van der Waals surface area (Å²) in [7, 11) is 4.26. The summed E-state index contributed by atoms with van der Waals surface area (Å²) in [4.78, 5) is 27.2. The Morgan fingerprint density at radius 3 is 2.54 bits per heavy atom. The van der Waals surface area contributed by atoms with Gasteiger partial charge < -0.3 is 20.9 Å². The average molecular weight is 489 g/mol. The molecular weight excluding hydrogens is 456 g/mol. The maximum Gasteiger partial charge on any atom is 0.255 e. The van der Waals surface area contributed by atoms with Gasteiger partial charge >= 0.3 is 0 Å². The zero-order chi connectivity index (χ0) is 24.9. The maximum atomic E-state index is 13.0. The van der Waals surface area contributed by atoms with Crippen LogP contribution < -0.4 is 11.1 Å². The number of benzene rings is 2.